The van der Waals surface area contributed by atoms with Crippen LogP contribution in [0.15, 0.2) is 48.5 Å². The molecule has 0 amide bonds. The van der Waals surface area contributed by atoms with Crippen molar-refractivity contribution in [1.29, 1.82) is 0 Å². The maximum Gasteiger partial charge on any atom is 0.338 e. The summed E-state index contributed by atoms with van der Waals surface area (Å²) in [5.74, 6) is -0.191. The van der Waals surface area contributed by atoms with Gasteiger partial charge < -0.3 is 14.8 Å². The molecule has 1 aliphatic heterocycles. The highest BCUT2D eigenvalue weighted by Gasteiger charge is 2.40. The first-order valence-corrected chi connectivity index (χ1v) is 10.1. The fourth-order valence-corrected chi connectivity index (χ4v) is 4.67. The van der Waals surface area contributed by atoms with Gasteiger partial charge in [-0.25, -0.2) is 13.2 Å². The zero-order chi connectivity index (χ0) is 18.7. The van der Waals surface area contributed by atoms with Gasteiger partial charge in [-0.15, -0.1) is 0 Å². The molecule has 0 radical (unpaired) electrons. The van der Waals surface area contributed by atoms with Crippen LogP contribution in [0.4, 0.5) is 5.69 Å². The number of ether oxygens (including phenoxy) is 2. The summed E-state index contributed by atoms with van der Waals surface area (Å²) in [5.41, 5.74) is 1.04. The standard InChI is InChI=1S/C18H18ClNO5S/c1-24-15-8-6-14(7-9-15)20-16-10-26(22,23)11-17(16)25-18(21)12-2-4-13(19)5-3-12/h2-9,16-17,20H,10-11H2,1H3/t16-,17-/m1/s1. The van der Waals surface area contributed by atoms with Gasteiger partial charge in [-0.2, -0.15) is 0 Å². The summed E-state index contributed by atoms with van der Waals surface area (Å²) in [4.78, 5) is 12.3. The van der Waals surface area contributed by atoms with Crippen molar-refractivity contribution in [1.82, 2.24) is 0 Å². The van der Waals surface area contributed by atoms with Crippen molar-refractivity contribution in [2.45, 2.75) is 12.1 Å². The van der Waals surface area contributed by atoms with Gasteiger partial charge in [-0.3, -0.25) is 0 Å². The molecule has 0 unspecified atom stereocenters. The Morgan fingerprint density at radius 2 is 1.73 bits per heavy atom. The molecule has 8 heteroatoms. The number of benzene rings is 2. The Hall–Kier alpha value is -2.25. The summed E-state index contributed by atoms with van der Waals surface area (Å²) in [5, 5.41) is 3.63. The van der Waals surface area contributed by atoms with Gasteiger partial charge in [0.05, 0.1) is 30.2 Å². The molecule has 1 saturated heterocycles. The number of methoxy groups -OCH3 is 1. The summed E-state index contributed by atoms with van der Waals surface area (Å²) >= 11 is 5.81. The van der Waals surface area contributed by atoms with Crippen molar-refractivity contribution in [3.8, 4) is 5.75 Å². The topological polar surface area (TPSA) is 81.7 Å². The van der Waals surface area contributed by atoms with Crippen LogP contribution in [0.3, 0.4) is 0 Å². The van der Waals surface area contributed by atoms with E-state index in [1.807, 2.05) is 0 Å². The number of carbonyl (C=O) groups excluding carboxylic acids is 1. The lowest BCUT2D eigenvalue weighted by Crippen LogP contribution is -2.35. The van der Waals surface area contributed by atoms with E-state index >= 15 is 0 Å². The highest BCUT2D eigenvalue weighted by Crippen LogP contribution is 2.23. The number of anilines is 1. The van der Waals surface area contributed by atoms with Crippen molar-refractivity contribution in [3.63, 3.8) is 0 Å². The molecule has 1 aliphatic rings. The number of rotatable bonds is 5. The van der Waals surface area contributed by atoms with Crippen LogP contribution in [0.2, 0.25) is 5.02 Å². The lowest BCUT2D eigenvalue weighted by molar-refractivity contribution is 0.0337. The fourth-order valence-electron chi connectivity index (χ4n) is 2.76. The van der Waals surface area contributed by atoms with Crippen molar-refractivity contribution < 1.29 is 22.7 Å². The highest BCUT2D eigenvalue weighted by molar-refractivity contribution is 7.91. The van der Waals surface area contributed by atoms with Crippen molar-refractivity contribution >= 4 is 33.1 Å². The molecule has 0 spiro atoms. The first-order valence-electron chi connectivity index (χ1n) is 7.94. The highest BCUT2D eigenvalue weighted by atomic mass is 35.5. The van der Waals surface area contributed by atoms with Crippen molar-refractivity contribution in [2.24, 2.45) is 0 Å². The second-order valence-corrected chi connectivity index (χ2v) is 8.60. The smallest absolute Gasteiger partial charge is 0.338 e. The Kier molecular flexibility index (Phi) is 5.38. The number of halogens is 1. The summed E-state index contributed by atoms with van der Waals surface area (Å²) in [6, 6.07) is 12.8. The number of esters is 1. The van der Waals surface area contributed by atoms with E-state index in [2.05, 4.69) is 5.32 Å². The second-order valence-electron chi connectivity index (χ2n) is 6.01. The predicted molar refractivity (Wildman–Crippen MR) is 99.7 cm³/mol. The van der Waals surface area contributed by atoms with E-state index in [-0.39, 0.29) is 11.5 Å². The summed E-state index contributed by atoms with van der Waals surface area (Å²) < 4.78 is 34.6. The lowest BCUT2D eigenvalue weighted by atomic mass is 10.2. The molecule has 1 heterocycles. The second kappa shape index (κ2) is 7.55. The minimum absolute atomic E-state index is 0.0996. The van der Waals surface area contributed by atoms with E-state index in [1.165, 1.54) is 0 Å². The quantitative estimate of drug-likeness (QED) is 0.784. The van der Waals surface area contributed by atoms with Gasteiger partial charge in [0.1, 0.15) is 11.9 Å². The first kappa shape index (κ1) is 18.5. The van der Waals surface area contributed by atoms with Crippen LogP contribution < -0.4 is 10.1 Å². The van der Waals surface area contributed by atoms with Gasteiger partial charge in [-0.1, -0.05) is 11.6 Å². The lowest BCUT2D eigenvalue weighted by Gasteiger charge is -2.21. The third-order valence-electron chi connectivity index (χ3n) is 4.08. The van der Waals surface area contributed by atoms with Gasteiger partial charge in [0.2, 0.25) is 0 Å². The van der Waals surface area contributed by atoms with E-state index in [0.717, 1.165) is 5.69 Å². The normalized spacial score (nSPS) is 21.2. The van der Waals surface area contributed by atoms with Gasteiger partial charge >= 0.3 is 5.97 Å². The maximum atomic E-state index is 12.3. The largest absolute Gasteiger partial charge is 0.497 e. The first-order chi connectivity index (χ1) is 12.4. The molecule has 0 aliphatic carbocycles. The molecule has 6 nitrogen and oxygen atoms in total. The van der Waals surface area contributed by atoms with Crippen LogP contribution in [0.25, 0.3) is 0 Å². The van der Waals surface area contributed by atoms with E-state index in [1.54, 1.807) is 55.6 Å². The van der Waals surface area contributed by atoms with Crippen molar-refractivity contribution in [2.75, 3.05) is 23.9 Å². The fraction of sp³-hybridized carbons (Fsp3) is 0.278. The summed E-state index contributed by atoms with van der Waals surface area (Å²) in [6.45, 7) is 0. The van der Waals surface area contributed by atoms with Crippen LogP contribution in [0, 0.1) is 0 Å². The molecule has 0 saturated carbocycles. The van der Waals surface area contributed by atoms with Crippen LogP contribution in [-0.2, 0) is 14.6 Å². The number of hydrogen-bond acceptors (Lipinski definition) is 6. The number of hydrogen-bond donors (Lipinski definition) is 1. The third-order valence-corrected chi connectivity index (χ3v) is 6.04. The molecule has 26 heavy (non-hydrogen) atoms. The maximum absolute atomic E-state index is 12.3. The van der Waals surface area contributed by atoms with Crippen LogP contribution >= 0.6 is 11.6 Å². The molecular weight excluding hydrogens is 378 g/mol. The number of carbonyl (C=O) groups is 1. The van der Waals surface area contributed by atoms with E-state index in [4.69, 9.17) is 21.1 Å². The molecule has 1 N–H and O–H groups in total. The summed E-state index contributed by atoms with van der Waals surface area (Å²) in [6.07, 6.45) is -0.773. The molecular formula is C18H18ClNO5S. The third kappa shape index (κ3) is 4.47. The average Bonchev–Trinajstić information content (AvgIpc) is 2.89. The zero-order valence-electron chi connectivity index (χ0n) is 14.0. The predicted octanol–water partition coefficient (Wildman–Crippen LogP) is 2.78. The molecule has 0 bridgehead atoms. The number of sulfone groups is 1. The van der Waals surface area contributed by atoms with E-state index < -0.39 is 28.0 Å². The Bertz CT molecular complexity index is 881. The SMILES string of the molecule is COc1ccc(N[C@@H]2CS(=O)(=O)C[C@H]2OC(=O)c2ccc(Cl)cc2)cc1. The Morgan fingerprint density at radius 3 is 2.35 bits per heavy atom. The van der Waals surface area contributed by atoms with Crippen LogP contribution in [0.5, 0.6) is 5.75 Å². The van der Waals surface area contributed by atoms with E-state index in [9.17, 15) is 13.2 Å². The minimum atomic E-state index is -3.30. The molecule has 3 rings (SSSR count). The summed E-state index contributed by atoms with van der Waals surface area (Å²) in [7, 11) is -1.73. The molecule has 2 atom stereocenters. The van der Waals surface area contributed by atoms with Gasteiger partial charge in [0.25, 0.3) is 0 Å². The zero-order valence-corrected chi connectivity index (χ0v) is 15.6. The molecule has 2 aromatic rings. The van der Waals surface area contributed by atoms with Gasteiger partial charge in [-0.05, 0) is 48.5 Å². The van der Waals surface area contributed by atoms with Gasteiger partial charge in [0, 0.05) is 10.7 Å². The number of nitrogens with one attached hydrogen (secondary N) is 1. The monoisotopic (exact) mass is 395 g/mol. The van der Waals surface area contributed by atoms with Crippen molar-refractivity contribution in [3.05, 3.63) is 59.1 Å². The minimum Gasteiger partial charge on any atom is -0.497 e. The Morgan fingerprint density at radius 1 is 1.08 bits per heavy atom. The molecule has 2 aromatic carbocycles. The Balaban J connectivity index is 1.73. The average molecular weight is 396 g/mol. The van der Waals surface area contributed by atoms with Crippen LogP contribution in [0.1, 0.15) is 10.4 Å². The molecule has 0 aromatic heterocycles. The Labute approximate surface area is 157 Å². The van der Waals surface area contributed by atoms with Gasteiger partial charge in [0.15, 0.2) is 9.84 Å². The molecule has 138 valence electrons. The molecule has 1 fully saturated rings. The van der Waals surface area contributed by atoms with E-state index in [0.29, 0.717) is 16.3 Å². The van der Waals surface area contributed by atoms with Crippen LogP contribution in [-0.4, -0.2) is 45.1 Å².